The summed E-state index contributed by atoms with van der Waals surface area (Å²) in [5.74, 6) is 0.575. The zero-order chi connectivity index (χ0) is 19.5. The third-order valence-electron chi connectivity index (χ3n) is 3.29. The molecule has 138 valence electrons. The van der Waals surface area contributed by atoms with Crippen molar-refractivity contribution >= 4 is 17.9 Å². The molecule has 0 unspecified atom stereocenters. The smallest absolute Gasteiger partial charge is 0.178 e. The first-order valence-electron chi connectivity index (χ1n) is 8.17. The first kappa shape index (κ1) is 20.8. The van der Waals surface area contributed by atoms with Crippen LogP contribution in [0.2, 0.25) is 0 Å². The molecule has 2 aromatic rings. The second-order valence-corrected chi connectivity index (χ2v) is 4.93. The summed E-state index contributed by atoms with van der Waals surface area (Å²) in [5, 5.41) is 19.1. The summed E-state index contributed by atoms with van der Waals surface area (Å²) in [6.45, 7) is 4.00. The van der Waals surface area contributed by atoms with Crippen LogP contribution in [0.25, 0.3) is 12.2 Å². The number of aromatic hydroxyl groups is 2. The van der Waals surface area contributed by atoms with Crippen molar-refractivity contribution in [2.75, 3.05) is 14.2 Å². The van der Waals surface area contributed by atoms with E-state index >= 15 is 0 Å². The molecule has 0 amide bonds. The normalized spacial score (nSPS) is 10.5. The number of allylic oxidation sites excluding steroid dienone is 2. The molecule has 0 saturated carbocycles. The van der Waals surface area contributed by atoms with E-state index < -0.39 is 0 Å². The molecule has 0 heterocycles. The predicted molar refractivity (Wildman–Crippen MR) is 104 cm³/mol. The molecule has 5 nitrogen and oxygen atoms in total. The van der Waals surface area contributed by atoms with Gasteiger partial charge in [0.15, 0.2) is 28.8 Å². The molecule has 26 heavy (non-hydrogen) atoms. The number of rotatable bonds is 6. The van der Waals surface area contributed by atoms with Gasteiger partial charge in [0.2, 0.25) is 0 Å². The van der Waals surface area contributed by atoms with E-state index in [1.807, 2.05) is 13.8 Å². The molecule has 2 aromatic carbocycles. The lowest BCUT2D eigenvalue weighted by molar-refractivity contribution is -0.110. The molecular formula is C21H24O5. The third kappa shape index (κ3) is 6.02. The summed E-state index contributed by atoms with van der Waals surface area (Å²) in [6.07, 6.45) is 6.10. The topological polar surface area (TPSA) is 76.0 Å². The Balaban J connectivity index is 0.00000163. The van der Waals surface area contributed by atoms with Crippen molar-refractivity contribution < 1.29 is 24.5 Å². The van der Waals surface area contributed by atoms with Crippen LogP contribution in [-0.4, -0.2) is 30.2 Å². The predicted octanol–water partition coefficient (Wildman–Crippen LogP) is 4.44. The molecule has 0 radical (unpaired) electrons. The number of carbonyl (C=O) groups is 1. The van der Waals surface area contributed by atoms with Gasteiger partial charge in [-0.3, -0.25) is 4.79 Å². The van der Waals surface area contributed by atoms with Crippen LogP contribution in [0, 0.1) is 0 Å². The zero-order valence-electron chi connectivity index (χ0n) is 15.4. The fraction of sp³-hybridized carbons (Fsp3) is 0.190. The van der Waals surface area contributed by atoms with Gasteiger partial charge in [0.1, 0.15) is 0 Å². The summed E-state index contributed by atoms with van der Waals surface area (Å²) >= 11 is 0. The fourth-order valence-electron chi connectivity index (χ4n) is 2.01. The number of phenolic OH excluding ortho intramolecular Hbond substituents is 2. The van der Waals surface area contributed by atoms with Gasteiger partial charge in [0.25, 0.3) is 0 Å². The Morgan fingerprint density at radius 1 is 0.808 bits per heavy atom. The maximum atomic E-state index is 11.9. The number of ether oxygens (including phenoxy) is 2. The highest BCUT2D eigenvalue weighted by molar-refractivity contribution is 6.04. The van der Waals surface area contributed by atoms with Gasteiger partial charge in [-0.15, -0.1) is 0 Å². The average molecular weight is 356 g/mol. The number of ketones is 1. The van der Waals surface area contributed by atoms with Gasteiger partial charge in [-0.25, -0.2) is 0 Å². The van der Waals surface area contributed by atoms with E-state index in [9.17, 15) is 15.0 Å². The Morgan fingerprint density at radius 3 is 1.54 bits per heavy atom. The first-order chi connectivity index (χ1) is 12.5. The van der Waals surface area contributed by atoms with Gasteiger partial charge in [0, 0.05) is 0 Å². The lowest BCUT2D eigenvalue weighted by Crippen LogP contribution is -1.87. The van der Waals surface area contributed by atoms with Crippen LogP contribution in [0.3, 0.4) is 0 Å². The summed E-state index contributed by atoms with van der Waals surface area (Å²) in [4.78, 5) is 11.9. The molecule has 0 aliphatic carbocycles. The van der Waals surface area contributed by atoms with Gasteiger partial charge >= 0.3 is 0 Å². The van der Waals surface area contributed by atoms with Crippen LogP contribution >= 0.6 is 0 Å². The molecule has 0 fully saturated rings. The molecule has 0 aliphatic heterocycles. The van der Waals surface area contributed by atoms with E-state index in [0.29, 0.717) is 11.5 Å². The molecule has 0 aromatic heterocycles. The van der Waals surface area contributed by atoms with Crippen molar-refractivity contribution in [3.8, 4) is 23.0 Å². The fourth-order valence-corrected chi connectivity index (χ4v) is 2.01. The van der Waals surface area contributed by atoms with E-state index in [2.05, 4.69) is 0 Å². The van der Waals surface area contributed by atoms with Crippen LogP contribution in [0.15, 0.2) is 48.6 Å². The summed E-state index contributed by atoms with van der Waals surface area (Å²) < 4.78 is 10.0. The highest BCUT2D eigenvalue weighted by Gasteiger charge is 2.02. The van der Waals surface area contributed by atoms with E-state index in [-0.39, 0.29) is 17.3 Å². The van der Waals surface area contributed by atoms with Gasteiger partial charge in [-0.05, 0) is 47.5 Å². The van der Waals surface area contributed by atoms with Crippen molar-refractivity contribution in [3.63, 3.8) is 0 Å². The third-order valence-corrected chi connectivity index (χ3v) is 3.29. The van der Waals surface area contributed by atoms with Crippen molar-refractivity contribution in [1.82, 2.24) is 0 Å². The van der Waals surface area contributed by atoms with Crippen molar-refractivity contribution in [1.29, 1.82) is 0 Å². The second-order valence-electron chi connectivity index (χ2n) is 4.93. The maximum Gasteiger partial charge on any atom is 0.178 e. The molecule has 5 heteroatoms. The number of phenols is 2. The monoisotopic (exact) mass is 356 g/mol. The number of hydrogen-bond acceptors (Lipinski definition) is 5. The van der Waals surface area contributed by atoms with Gasteiger partial charge in [-0.1, -0.05) is 38.1 Å². The summed E-state index contributed by atoms with van der Waals surface area (Å²) in [5.41, 5.74) is 1.47. The minimum absolute atomic E-state index is 0.0437. The zero-order valence-corrected chi connectivity index (χ0v) is 15.4. The Bertz CT molecular complexity index is 725. The number of methoxy groups -OCH3 is 2. The highest BCUT2D eigenvalue weighted by atomic mass is 16.5. The molecule has 2 N–H and O–H groups in total. The van der Waals surface area contributed by atoms with Crippen LogP contribution in [0.4, 0.5) is 0 Å². The molecule has 0 saturated heterocycles. The van der Waals surface area contributed by atoms with E-state index in [1.165, 1.54) is 38.5 Å². The van der Waals surface area contributed by atoms with Gasteiger partial charge < -0.3 is 19.7 Å². The molecule has 0 bridgehead atoms. The lowest BCUT2D eigenvalue weighted by Gasteiger charge is -2.03. The van der Waals surface area contributed by atoms with Crippen LogP contribution < -0.4 is 9.47 Å². The number of hydrogen-bond donors (Lipinski definition) is 2. The van der Waals surface area contributed by atoms with Crippen LogP contribution in [-0.2, 0) is 4.79 Å². The minimum atomic E-state index is -0.200. The van der Waals surface area contributed by atoms with Crippen LogP contribution in [0.1, 0.15) is 25.0 Å². The molecule has 0 aliphatic rings. The molecular weight excluding hydrogens is 332 g/mol. The summed E-state index contributed by atoms with van der Waals surface area (Å²) in [6, 6.07) is 9.62. The first-order valence-corrected chi connectivity index (χ1v) is 8.17. The number of benzene rings is 2. The van der Waals surface area contributed by atoms with Crippen molar-refractivity contribution in [2.45, 2.75) is 13.8 Å². The number of carbonyl (C=O) groups excluding carboxylic acids is 1. The van der Waals surface area contributed by atoms with Gasteiger partial charge in [0.05, 0.1) is 14.2 Å². The lowest BCUT2D eigenvalue weighted by atomic mass is 10.1. The summed E-state index contributed by atoms with van der Waals surface area (Å²) in [7, 11) is 2.92. The van der Waals surface area contributed by atoms with Gasteiger partial charge in [-0.2, -0.15) is 0 Å². The SMILES string of the molecule is CC.COc1cc(/C=C/C(=O)/C=C/c2ccc(O)c(OC)c2)ccc1O. The minimum Gasteiger partial charge on any atom is -0.504 e. The van der Waals surface area contributed by atoms with E-state index in [0.717, 1.165) is 11.1 Å². The maximum absolute atomic E-state index is 11.9. The van der Waals surface area contributed by atoms with Crippen LogP contribution in [0.5, 0.6) is 23.0 Å². The highest BCUT2D eigenvalue weighted by Crippen LogP contribution is 2.27. The largest absolute Gasteiger partial charge is 0.504 e. The second kappa shape index (κ2) is 10.6. The Morgan fingerprint density at radius 2 is 1.19 bits per heavy atom. The molecule has 0 atom stereocenters. The van der Waals surface area contributed by atoms with E-state index in [4.69, 9.17) is 9.47 Å². The average Bonchev–Trinajstić information content (AvgIpc) is 2.68. The Hall–Kier alpha value is -3.21. The van der Waals surface area contributed by atoms with Crippen molar-refractivity contribution in [2.24, 2.45) is 0 Å². The van der Waals surface area contributed by atoms with Crippen molar-refractivity contribution in [3.05, 3.63) is 59.7 Å². The Labute approximate surface area is 153 Å². The quantitative estimate of drug-likeness (QED) is 0.749. The Kier molecular flexibility index (Phi) is 8.50. The molecule has 2 rings (SSSR count). The molecule has 0 spiro atoms. The van der Waals surface area contributed by atoms with E-state index in [1.54, 1.807) is 36.4 Å². The standard InChI is InChI=1S/C19H18O5.C2H6/c1-23-18-11-13(5-9-16(18)21)3-7-15(20)8-4-14-6-10-17(22)19(12-14)24-2;1-2/h3-12,21-22H,1-2H3;1-2H3/b7-3+,8-4+;.